The lowest BCUT2D eigenvalue weighted by Gasteiger charge is -2.29. The lowest BCUT2D eigenvalue weighted by atomic mass is 10.1. The van der Waals surface area contributed by atoms with E-state index in [1.54, 1.807) is 11.8 Å². The topological polar surface area (TPSA) is 58.6 Å². The van der Waals surface area contributed by atoms with Crippen LogP contribution >= 0.6 is 22.9 Å². The maximum atomic E-state index is 12.9. The second-order valence-corrected chi connectivity index (χ2v) is 7.52. The minimum atomic E-state index is -4.48. The highest BCUT2D eigenvalue weighted by molar-refractivity contribution is 7.21. The number of carbonyl (C=O) groups is 2. The van der Waals surface area contributed by atoms with Crippen molar-refractivity contribution in [3.05, 3.63) is 33.7 Å². The molecule has 1 atom stereocenters. The summed E-state index contributed by atoms with van der Waals surface area (Å²) in [5, 5.41) is 3.02. The van der Waals surface area contributed by atoms with Gasteiger partial charge in [0.25, 0.3) is 5.91 Å². The average Bonchev–Trinajstić information content (AvgIpc) is 2.97. The number of amides is 2. The molecule has 27 heavy (non-hydrogen) atoms. The molecule has 1 aromatic heterocycles. The van der Waals surface area contributed by atoms with E-state index < -0.39 is 23.7 Å². The van der Waals surface area contributed by atoms with Crippen LogP contribution in [0.1, 0.15) is 22.2 Å². The number of nitrogens with zero attached hydrogens (tertiary/aromatic N) is 1. The predicted octanol–water partition coefficient (Wildman–Crippen LogP) is 3.55. The van der Waals surface area contributed by atoms with E-state index in [1.165, 1.54) is 6.07 Å². The minimum absolute atomic E-state index is 0.0762. The SMILES string of the molecule is CC(NC(=O)c1sc2cc(C(F)(F)F)ccc2c1Cl)C(=O)N1CCOCC1. The molecule has 146 valence electrons. The van der Waals surface area contributed by atoms with Gasteiger partial charge < -0.3 is 15.0 Å². The maximum absolute atomic E-state index is 12.9. The largest absolute Gasteiger partial charge is 0.416 e. The number of ether oxygens (including phenoxy) is 1. The Kier molecular flexibility index (Phi) is 5.64. The van der Waals surface area contributed by atoms with E-state index in [0.29, 0.717) is 31.7 Å². The van der Waals surface area contributed by atoms with E-state index in [1.807, 2.05) is 0 Å². The Bertz CT molecular complexity index is 878. The fourth-order valence-electron chi connectivity index (χ4n) is 2.77. The van der Waals surface area contributed by atoms with E-state index in [0.717, 1.165) is 23.5 Å². The highest BCUT2D eigenvalue weighted by Crippen LogP contribution is 2.39. The third-order valence-electron chi connectivity index (χ3n) is 4.20. The molecule has 0 bridgehead atoms. The first-order chi connectivity index (χ1) is 12.7. The summed E-state index contributed by atoms with van der Waals surface area (Å²) in [6.07, 6.45) is -4.48. The van der Waals surface area contributed by atoms with Crippen molar-refractivity contribution in [1.29, 1.82) is 0 Å². The van der Waals surface area contributed by atoms with Crippen LogP contribution in [0.5, 0.6) is 0 Å². The van der Waals surface area contributed by atoms with Crippen LogP contribution in [0.4, 0.5) is 13.2 Å². The lowest BCUT2D eigenvalue weighted by molar-refractivity contribution is -0.137. The molecule has 1 N–H and O–H groups in total. The fraction of sp³-hybridized carbons (Fsp3) is 0.412. The minimum Gasteiger partial charge on any atom is -0.378 e. The van der Waals surface area contributed by atoms with Gasteiger partial charge in [-0.05, 0) is 19.1 Å². The van der Waals surface area contributed by atoms with Crippen molar-refractivity contribution in [2.75, 3.05) is 26.3 Å². The summed E-state index contributed by atoms with van der Waals surface area (Å²) in [6, 6.07) is 2.34. The first kappa shape index (κ1) is 19.9. The second-order valence-electron chi connectivity index (χ2n) is 6.09. The number of hydrogen-bond donors (Lipinski definition) is 1. The van der Waals surface area contributed by atoms with E-state index in [2.05, 4.69) is 5.32 Å². The summed E-state index contributed by atoms with van der Waals surface area (Å²) in [4.78, 5) is 26.6. The van der Waals surface area contributed by atoms with Gasteiger partial charge in [0.2, 0.25) is 5.91 Å². The number of benzene rings is 1. The highest BCUT2D eigenvalue weighted by atomic mass is 35.5. The number of hydrogen-bond acceptors (Lipinski definition) is 4. The van der Waals surface area contributed by atoms with Gasteiger partial charge in [-0.2, -0.15) is 13.2 Å². The van der Waals surface area contributed by atoms with Gasteiger partial charge in [0.15, 0.2) is 0 Å². The van der Waals surface area contributed by atoms with Crippen molar-refractivity contribution in [3.63, 3.8) is 0 Å². The van der Waals surface area contributed by atoms with Crippen LogP contribution in [-0.4, -0.2) is 49.1 Å². The monoisotopic (exact) mass is 420 g/mol. The number of nitrogens with one attached hydrogen (secondary N) is 1. The quantitative estimate of drug-likeness (QED) is 0.826. The Morgan fingerprint density at radius 3 is 2.59 bits per heavy atom. The van der Waals surface area contributed by atoms with Gasteiger partial charge in [-0.3, -0.25) is 9.59 Å². The van der Waals surface area contributed by atoms with Gasteiger partial charge in [-0.1, -0.05) is 17.7 Å². The van der Waals surface area contributed by atoms with Crippen LogP contribution in [0.25, 0.3) is 10.1 Å². The Hall–Kier alpha value is -1.84. The first-order valence-electron chi connectivity index (χ1n) is 8.15. The van der Waals surface area contributed by atoms with Crippen LogP contribution < -0.4 is 5.32 Å². The molecule has 5 nitrogen and oxygen atoms in total. The number of rotatable bonds is 3. The normalized spacial score (nSPS) is 16.4. The van der Waals surface area contributed by atoms with Crippen LogP contribution in [-0.2, 0) is 15.7 Å². The van der Waals surface area contributed by atoms with Gasteiger partial charge in [-0.15, -0.1) is 11.3 Å². The summed E-state index contributed by atoms with van der Waals surface area (Å²) < 4.78 is 44.0. The van der Waals surface area contributed by atoms with Crippen LogP contribution in [0, 0.1) is 0 Å². The number of thiophene rings is 1. The summed E-state index contributed by atoms with van der Waals surface area (Å²) in [5.41, 5.74) is -0.810. The van der Waals surface area contributed by atoms with Crippen molar-refractivity contribution in [2.45, 2.75) is 19.1 Å². The van der Waals surface area contributed by atoms with Crippen LogP contribution in [0.15, 0.2) is 18.2 Å². The molecule has 0 saturated carbocycles. The van der Waals surface area contributed by atoms with E-state index in [-0.39, 0.29) is 20.5 Å². The molecule has 10 heteroatoms. The molecule has 3 rings (SSSR count). The molecule has 1 aliphatic rings. The zero-order valence-electron chi connectivity index (χ0n) is 14.2. The van der Waals surface area contributed by atoms with Crippen LogP contribution in [0.3, 0.4) is 0 Å². The third kappa shape index (κ3) is 4.20. The molecular weight excluding hydrogens is 405 g/mol. The summed E-state index contributed by atoms with van der Waals surface area (Å²) >= 11 is 7.05. The number of carbonyl (C=O) groups excluding carboxylic acids is 2. The average molecular weight is 421 g/mol. The molecule has 1 aliphatic heterocycles. The highest BCUT2D eigenvalue weighted by Gasteiger charge is 2.31. The molecule has 2 aromatic rings. The predicted molar refractivity (Wildman–Crippen MR) is 96.2 cm³/mol. The van der Waals surface area contributed by atoms with Gasteiger partial charge in [0, 0.05) is 23.2 Å². The molecule has 0 aliphatic carbocycles. The zero-order valence-corrected chi connectivity index (χ0v) is 15.8. The van der Waals surface area contributed by atoms with Crippen molar-refractivity contribution in [3.8, 4) is 0 Å². The smallest absolute Gasteiger partial charge is 0.378 e. The van der Waals surface area contributed by atoms with Gasteiger partial charge in [0.1, 0.15) is 10.9 Å². The number of fused-ring (bicyclic) bond motifs is 1. The van der Waals surface area contributed by atoms with Crippen molar-refractivity contribution >= 4 is 44.8 Å². The first-order valence-corrected chi connectivity index (χ1v) is 9.34. The summed E-state index contributed by atoms with van der Waals surface area (Å²) in [6.45, 7) is 3.33. The molecule has 1 fully saturated rings. The maximum Gasteiger partial charge on any atom is 0.416 e. The fourth-order valence-corrected chi connectivity index (χ4v) is 4.23. The molecule has 2 heterocycles. The van der Waals surface area contributed by atoms with E-state index in [9.17, 15) is 22.8 Å². The molecule has 0 radical (unpaired) electrons. The second kappa shape index (κ2) is 7.65. The summed E-state index contributed by atoms with van der Waals surface area (Å²) in [5.74, 6) is -0.841. The van der Waals surface area contributed by atoms with Gasteiger partial charge in [0.05, 0.1) is 23.8 Å². The molecule has 0 spiro atoms. The lowest BCUT2D eigenvalue weighted by Crippen LogP contribution is -2.50. The number of morpholine rings is 1. The molecule has 1 saturated heterocycles. The van der Waals surface area contributed by atoms with E-state index >= 15 is 0 Å². The summed E-state index contributed by atoms with van der Waals surface area (Å²) in [7, 11) is 0. The molecule has 2 amide bonds. The van der Waals surface area contributed by atoms with Crippen molar-refractivity contribution in [1.82, 2.24) is 10.2 Å². The van der Waals surface area contributed by atoms with Crippen molar-refractivity contribution < 1.29 is 27.5 Å². The number of halogens is 4. The zero-order chi connectivity index (χ0) is 19.8. The van der Waals surface area contributed by atoms with Crippen molar-refractivity contribution in [2.24, 2.45) is 0 Å². The molecule has 1 unspecified atom stereocenters. The van der Waals surface area contributed by atoms with Gasteiger partial charge >= 0.3 is 6.18 Å². The molecular formula is C17H16ClF3N2O3S. The van der Waals surface area contributed by atoms with Gasteiger partial charge in [-0.25, -0.2) is 0 Å². The number of alkyl halides is 3. The van der Waals surface area contributed by atoms with E-state index in [4.69, 9.17) is 16.3 Å². The molecule has 1 aromatic carbocycles. The Morgan fingerprint density at radius 1 is 1.30 bits per heavy atom. The third-order valence-corrected chi connectivity index (χ3v) is 5.86. The Morgan fingerprint density at radius 2 is 1.96 bits per heavy atom. The standard InChI is InChI=1S/C17H16ClF3N2O3S/c1-9(16(25)23-4-6-26-7-5-23)22-15(24)14-13(18)11-3-2-10(17(19,20)21)8-12(11)27-14/h2-3,8-9H,4-7H2,1H3,(H,22,24). The van der Waals surface area contributed by atoms with Crippen LogP contribution in [0.2, 0.25) is 5.02 Å². The Balaban J connectivity index is 1.78. The Labute approximate surface area is 162 Å².